The van der Waals surface area contributed by atoms with Crippen molar-refractivity contribution in [2.24, 2.45) is 5.92 Å². The van der Waals surface area contributed by atoms with Crippen molar-refractivity contribution in [1.82, 2.24) is 0 Å². The number of ether oxygens (including phenoxy) is 2. The zero-order chi connectivity index (χ0) is 15.2. The Hall–Kier alpha value is -1.82. The Bertz CT molecular complexity index is 487. The lowest BCUT2D eigenvalue weighted by Gasteiger charge is -2.20. The van der Waals surface area contributed by atoms with Crippen molar-refractivity contribution in [1.29, 1.82) is 0 Å². The van der Waals surface area contributed by atoms with Gasteiger partial charge in [-0.3, -0.25) is 10.1 Å². The Labute approximate surface area is 124 Å². The Morgan fingerprint density at radius 2 is 2.38 bits per heavy atom. The van der Waals surface area contributed by atoms with Gasteiger partial charge in [-0.05, 0) is 25.8 Å². The Kier molecular flexibility index (Phi) is 5.38. The van der Waals surface area contributed by atoms with Crippen molar-refractivity contribution in [2.75, 3.05) is 25.1 Å². The summed E-state index contributed by atoms with van der Waals surface area (Å²) >= 11 is 0. The summed E-state index contributed by atoms with van der Waals surface area (Å²) in [7, 11) is 0. The number of rotatable bonds is 7. The van der Waals surface area contributed by atoms with Crippen LogP contribution in [0.15, 0.2) is 18.2 Å². The van der Waals surface area contributed by atoms with Gasteiger partial charge < -0.3 is 14.8 Å². The second kappa shape index (κ2) is 7.26. The molecule has 0 radical (unpaired) electrons. The Balaban J connectivity index is 2.10. The third-order valence-corrected chi connectivity index (χ3v) is 3.68. The molecule has 0 aromatic heterocycles. The van der Waals surface area contributed by atoms with Crippen LogP contribution >= 0.6 is 0 Å². The average molecular weight is 294 g/mol. The van der Waals surface area contributed by atoms with E-state index in [0.717, 1.165) is 31.7 Å². The molecule has 6 heteroatoms. The van der Waals surface area contributed by atoms with Gasteiger partial charge in [0, 0.05) is 36.4 Å². The van der Waals surface area contributed by atoms with Crippen molar-refractivity contribution in [2.45, 2.75) is 32.7 Å². The number of benzene rings is 1. The highest BCUT2D eigenvalue weighted by Gasteiger charge is 2.23. The van der Waals surface area contributed by atoms with Crippen molar-refractivity contribution in [3.63, 3.8) is 0 Å². The highest BCUT2D eigenvalue weighted by molar-refractivity contribution is 5.58. The van der Waals surface area contributed by atoms with Crippen LogP contribution in [0.1, 0.15) is 26.7 Å². The molecule has 1 aromatic carbocycles. The van der Waals surface area contributed by atoms with Crippen LogP contribution in [0.3, 0.4) is 0 Å². The fourth-order valence-corrected chi connectivity index (χ4v) is 2.41. The molecule has 2 rings (SSSR count). The van der Waals surface area contributed by atoms with E-state index >= 15 is 0 Å². The molecule has 0 amide bonds. The zero-order valence-electron chi connectivity index (χ0n) is 12.5. The van der Waals surface area contributed by atoms with E-state index in [-0.39, 0.29) is 11.7 Å². The van der Waals surface area contributed by atoms with Gasteiger partial charge in [0.25, 0.3) is 0 Å². The molecule has 2 unspecified atom stereocenters. The van der Waals surface area contributed by atoms with Gasteiger partial charge in [-0.15, -0.1) is 0 Å². The molecule has 1 aromatic rings. The van der Waals surface area contributed by atoms with Crippen LogP contribution in [0.25, 0.3) is 0 Å². The highest BCUT2D eigenvalue weighted by Crippen LogP contribution is 2.31. The second-order valence-electron chi connectivity index (χ2n) is 5.34. The summed E-state index contributed by atoms with van der Waals surface area (Å²) in [5.41, 5.74) is 0.844. The van der Waals surface area contributed by atoms with Gasteiger partial charge >= 0.3 is 5.69 Å². The third-order valence-electron chi connectivity index (χ3n) is 3.68. The van der Waals surface area contributed by atoms with Crippen LogP contribution in [0, 0.1) is 16.0 Å². The van der Waals surface area contributed by atoms with Gasteiger partial charge in [-0.1, -0.05) is 6.92 Å². The second-order valence-corrected chi connectivity index (χ2v) is 5.34. The smallest absolute Gasteiger partial charge is 0.311 e. The van der Waals surface area contributed by atoms with E-state index in [1.807, 2.05) is 6.92 Å². The minimum Gasteiger partial charge on any atom is -0.487 e. The summed E-state index contributed by atoms with van der Waals surface area (Å²) in [5, 5.41) is 14.4. The van der Waals surface area contributed by atoms with Crippen LogP contribution in [0.4, 0.5) is 11.4 Å². The minimum absolute atomic E-state index is 0.00542. The van der Waals surface area contributed by atoms with E-state index < -0.39 is 4.92 Å². The highest BCUT2D eigenvalue weighted by atomic mass is 16.6. The maximum absolute atomic E-state index is 11.0. The first-order valence-corrected chi connectivity index (χ1v) is 7.37. The Morgan fingerprint density at radius 3 is 3.00 bits per heavy atom. The molecule has 0 aliphatic carbocycles. The molecule has 6 nitrogen and oxygen atoms in total. The molecule has 1 heterocycles. The van der Waals surface area contributed by atoms with Crippen LogP contribution in [-0.2, 0) is 4.74 Å². The molecule has 0 bridgehead atoms. The molecule has 0 spiro atoms. The number of nitrogens with zero attached hydrogens (tertiary/aromatic N) is 1. The topological polar surface area (TPSA) is 73.6 Å². The molecule has 1 aliphatic heterocycles. The molecule has 0 saturated carbocycles. The van der Waals surface area contributed by atoms with E-state index in [1.54, 1.807) is 12.1 Å². The summed E-state index contributed by atoms with van der Waals surface area (Å²) in [6.45, 7) is 6.11. The van der Waals surface area contributed by atoms with Crippen LogP contribution in [0.5, 0.6) is 5.75 Å². The van der Waals surface area contributed by atoms with Crippen molar-refractivity contribution < 1.29 is 14.4 Å². The number of nitro benzene ring substituents is 1. The standard InChI is InChI=1S/C15H22N2O4/c1-3-7-21-15-9-13(4-5-14(15)17(18)19)16-11(2)12-6-8-20-10-12/h4-5,9,11-12,16H,3,6-8,10H2,1-2H3. The Morgan fingerprint density at radius 1 is 1.57 bits per heavy atom. The lowest BCUT2D eigenvalue weighted by atomic mass is 10.0. The molecule has 21 heavy (non-hydrogen) atoms. The normalized spacial score (nSPS) is 19.2. The number of hydrogen-bond donors (Lipinski definition) is 1. The molecule has 116 valence electrons. The summed E-state index contributed by atoms with van der Waals surface area (Å²) in [4.78, 5) is 10.6. The molecule has 1 fully saturated rings. The monoisotopic (exact) mass is 294 g/mol. The first-order valence-electron chi connectivity index (χ1n) is 7.37. The quantitative estimate of drug-likeness (QED) is 0.617. The molecule has 1 aliphatic rings. The largest absolute Gasteiger partial charge is 0.487 e. The van der Waals surface area contributed by atoms with E-state index in [1.165, 1.54) is 6.07 Å². The van der Waals surface area contributed by atoms with Gasteiger partial charge in [0.05, 0.1) is 18.1 Å². The first-order chi connectivity index (χ1) is 10.1. The summed E-state index contributed by atoms with van der Waals surface area (Å²) < 4.78 is 10.9. The SMILES string of the molecule is CCCOc1cc(NC(C)C2CCOC2)ccc1[N+](=O)[O-]. The van der Waals surface area contributed by atoms with Gasteiger partial charge in [0.2, 0.25) is 0 Å². The molecular formula is C15H22N2O4. The van der Waals surface area contributed by atoms with Gasteiger partial charge in [-0.2, -0.15) is 0 Å². The van der Waals surface area contributed by atoms with E-state index in [0.29, 0.717) is 18.3 Å². The molecule has 2 atom stereocenters. The van der Waals surface area contributed by atoms with Crippen LogP contribution in [0.2, 0.25) is 0 Å². The molecule has 1 saturated heterocycles. The van der Waals surface area contributed by atoms with Gasteiger partial charge in [-0.25, -0.2) is 0 Å². The number of nitrogens with one attached hydrogen (secondary N) is 1. The minimum atomic E-state index is -0.414. The maximum Gasteiger partial charge on any atom is 0.311 e. The van der Waals surface area contributed by atoms with E-state index in [9.17, 15) is 10.1 Å². The van der Waals surface area contributed by atoms with Gasteiger partial charge in [0.1, 0.15) is 0 Å². The lowest BCUT2D eigenvalue weighted by molar-refractivity contribution is -0.385. The van der Waals surface area contributed by atoms with Crippen molar-refractivity contribution >= 4 is 11.4 Å². The molecule has 1 N–H and O–H groups in total. The van der Waals surface area contributed by atoms with Crippen LogP contribution in [-0.4, -0.2) is 30.8 Å². The van der Waals surface area contributed by atoms with Gasteiger partial charge in [0.15, 0.2) is 5.75 Å². The number of anilines is 1. The van der Waals surface area contributed by atoms with Crippen molar-refractivity contribution in [3.05, 3.63) is 28.3 Å². The van der Waals surface area contributed by atoms with E-state index in [4.69, 9.17) is 9.47 Å². The summed E-state index contributed by atoms with van der Waals surface area (Å²) in [6, 6.07) is 5.18. The predicted molar refractivity (Wildman–Crippen MR) is 80.9 cm³/mol. The third kappa shape index (κ3) is 4.07. The predicted octanol–water partition coefficient (Wildman–Crippen LogP) is 3.22. The van der Waals surface area contributed by atoms with Crippen molar-refractivity contribution in [3.8, 4) is 5.75 Å². The fourth-order valence-electron chi connectivity index (χ4n) is 2.41. The number of hydrogen-bond acceptors (Lipinski definition) is 5. The zero-order valence-corrected chi connectivity index (χ0v) is 12.5. The average Bonchev–Trinajstić information content (AvgIpc) is 2.99. The molecular weight excluding hydrogens is 272 g/mol. The first kappa shape index (κ1) is 15.6. The van der Waals surface area contributed by atoms with E-state index in [2.05, 4.69) is 12.2 Å². The summed E-state index contributed by atoms with van der Waals surface area (Å²) in [6.07, 6.45) is 1.85. The number of nitro groups is 1. The fraction of sp³-hybridized carbons (Fsp3) is 0.600. The van der Waals surface area contributed by atoms with Crippen LogP contribution < -0.4 is 10.1 Å². The maximum atomic E-state index is 11.0. The summed E-state index contributed by atoms with van der Waals surface area (Å²) in [5.74, 6) is 0.793. The lowest BCUT2D eigenvalue weighted by Crippen LogP contribution is -2.26.